The molecule has 1 aliphatic rings. The number of alkyl halides is 5. The maximum atomic E-state index is 13.4. The molecule has 4 nitrogen and oxygen atoms in total. The van der Waals surface area contributed by atoms with E-state index < -0.39 is 34.1 Å². The Morgan fingerprint density at radius 3 is 2.06 bits per heavy atom. The van der Waals surface area contributed by atoms with Crippen molar-refractivity contribution < 1.29 is 39.3 Å². The predicted octanol–water partition coefficient (Wildman–Crippen LogP) is 1.91. The summed E-state index contributed by atoms with van der Waals surface area (Å²) in [7, 11) is -5.98. The van der Waals surface area contributed by atoms with Gasteiger partial charge in [0.15, 0.2) is 0 Å². The molecule has 0 saturated carbocycles. The SMILES string of the molecule is O=S(=O)(OCC(F)(F)C1CCOCC1)C(F)(F)F. The van der Waals surface area contributed by atoms with Crippen LogP contribution in [-0.2, 0) is 19.0 Å². The molecule has 0 radical (unpaired) electrons. The van der Waals surface area contributed by atoms with E-state index in [1.165, 1.54) is 0 Å². The topological polar surface area (TPSA) is 52.6 Å². The van der Waals surface area contributed by atoms with Gasteiger partial charge in [0, 0.05) is 19.1 Å². The zero-order valence-corrected chi connectivity index (χ0v) is 9.86. The summed E-state index contributed by atoms with van der Waals surface area (Å²) >= 11 is 0. The highest BCUT2D eigenvalue weighted by molar-refractivity contribution is 7.87. The van der Waals surface area contributed by atoms with Gasteiger partial charge in [-0.3, -0.25) is 4.18 Å². The van der Waals surface area contributed by atoms with E-state index in [9.17, 15) is 30.4 Å². The highest BCUT2D eigenvalue weighted by Crippen LogP contribution is 2.34. The van der Waals surface area contributed by atoms with Gasteiger partial charge in [0.05, 0.1) is 0 Å². The van der Waals surface area contributed by atoms with E-state index in [0.29, 0.717) is 0 Å². The van der Waals surface area contributed by atoms with Gasteiger partial charge in [0.25, 0.3) is 5.92 Å². The molecule has 1 heterocycles. The third-order valence-electron chi connectivity index (χ3n) is 2.51. The van der Waals surface area contributed by atoms with Crippen LogP contribution in [0, 0.1) is 5.92 Å². The van der Waals surface area contributed by atoms with Crippen LogP contribution in [0.25, 0.3) is 0 Å². The van der Waals surface area contributed by atoms with Gasteiger partial charge in [0.1, 0.15) is 6.61 Å². The van der Waals surface area contributed by atoms with Crippen LogP contribution in [0.2, 0.25) is 0 Å². The van der Waals surface area contributed by atoms with E-state index in [0.717, 1.165) is 0 Å². The fraction of sp³-hybridized carbons (Fsp3) is 1.00. The third kappa shape index (κ3) is 3.75. The van der Waals surface area contributed by atoms with Gasteiger partial charge in [0.2, 0.25) is 0 Å². The van der Waals surface area contributed by atoms with E-state index in [2.05, 4.69) is 4.18 Å². The zero-order chi connectivity index (χ0) is 14.0. The molecule has 18 heavy (non-hydrogen) atoms. The van der Waals surface area contributed by atoms with Crippen LogP contribution in [0.15, 0.2) is 0 Å². The summed E-state index contributed by atoms with van der Waals surface area (Å²) in [5.74, 6) is -4.88. The molecule has 0 unspecified atom stereocenters. The molecule has 10 heteroatoms. The molecule has 1 aliphatic heterocycles. The fourth-order valence-electron chi connectivity index (χ4n) is 1.46. The van der Waals surface area contributed by atoms with Crippen molar-refractivity contribution in [3.8, 4) is 0 Å². The number of rotatable bonds is 4. The fourth-order valence-corrected chi connectivity index (χ4v) is 1.91. The van der Waals surface area contributed by atoms with Crippen LogP contribution in [0.3, 0.4) is 0 Å². The second-order valence-electron chi connectivity index (χ2n) is 3.81. The van der Waals surface area contributed by atoms with Crippen molar-refractivity contribution in [1.29, 1.82) is 0 Å². The molecule has 1 saturated heterocycles. The second-order valence-corrected chi connectivity index (χ2v) is 5.42. The van der Waals surface area contributed by atoms with E-state index in [1.54, 1.807) is 0 Å². The molecular weight excluding hydrogens is 287 g/mol. The van der Waals surface area contributed by atoms with Gasteiger partial charge in [-0.25, -0.2) is 8.78 Å². The maximum absolute atomic E-state index is 13.4. The Bertz CT molecular complexity index is 371. The highest BCUT2D eigenvalue weighted by Gasteiger charge is 2.50. The summed E-state index contributed by atoms with van der Waals surface area (Å²) in [4.78, 5) is 0. The smallest absolute Gasteiger partial charge is 0.381 e. The van der Waals surface area contributed by atoms with Crippen molar-refractivity contribution in [3.63, 3.8) is 0 Å². The summed E-state index contributed by atoms with van der Waals surface area (Å²) in [5.41, 5.74) is -5.70. The van der Waals surface area contributed by atoms with Crippen molar-refractivity contribution in [3.05, 3.63) is 0 Å². The van der Waals surface area contributed by atoms with E-state index in [-0.39, 0.29) is 26.1 Å². The van der Waals surface area contributed by atoms with Crippen LogP contribution in [0.4, 0.5) is 22.0 Å². The summed E-state index contributed by atoms with van der Waals surface area (Å²) in [5, 5.41) is 0. The van der Waals surface area contributed by atoms with Gasteiger partial charge in [-0.05, 0) is 12.8 Å². The maximum Gasteiger partial charge on any atom is 0.523 e. The Hall–Kier alpha value is -0.480. The minimum Gasteiger partial charge on any atom is -0.381 e. The highest BCUT2D eigenvalue weighted by atomic mass is 32.2. The Morgan fingerprint density at radius 1 is 1.11 bits per heavy atom. The number of hydrogen-bond acceptors (Lipinski definition) is 4. The third-order valence-corrected chi connectivity index (χ3v) is 3.50. The second kappa shape index (κ2) is 5.25. The Kier molecular flexibility index (Phi) is 4.55. The minimum absolute atomic E-state index is 0.0531. The van der Waals surface area contributed by atoms with Gasteiger partial charge in [-0.2, -0.15) is 21.6 Å². The minimum atomic E-state index is -5.98. The van der Waals surface area contributed by atoms with E-state index >= 15 is 0 Å². The molecule has 0 bridgehead atoms. The Morgan fingerprint density at radius 2 is 1.61 bits per heavy atom. The van der Waals surface area contributed by atoms with Crippen LogP contribution in [-0.4, -0.2) is 39.7 Å². The zero-order valence-electron chi connectivity index (χ0n) is 9.04. The van der Waals surface area contributed by atoms with Crippen LogP contribution in [0.5, 0.6) is 0 Å². The van der Waals surface area contributed by atoms with Crippen molar-refractivity contribution in [2.75, 3.05) is 19.8 Å². The average Bonchev–Trinajstić information content (AvgIpc) is 2.26. The monoisotopic (exact) mass is 298 g/mol. The number of hydrogen-bond donors (Lipinski definition) is 0. The van der Waals surface area contributed by atoms with Crippen molar-refractivity contribution in [2.45, 2.75) is 24.3 Å². The van der Waals surface area contributed by atoms with Gasteiger partial charge >= 0.3 is 15.6 Å². The van der Waals surface area contributed by atoms with Crippen LogP contribution >= 0.6 is 0 Å². The first kappa shape index (κ1) is 15.6. The number of ether oxygens (including phenoxy) is 1. The molecule has 1 fully saturated rings. The summed E-state index contributed by atoms with van der Waals surface area (Å²) < 4.78 is 91.6. The standard InChI is InChI=1S/C8H11F5O4S/c9-7(10,6-1-3-16-4-2-6)5-17-18(14,15)8(11,12)13/h6H,1-5H2. The molecule has 0 amide bonds. The van der Waals surface area contributed by atoms with E-state index in [4.69, 9.17) is 4.74 Å². The molecule has 108 valence electrons. The van der Waals surface area contributed by atoms with Gasteiger partial charge in [-0.15, -0.1) is 0 Å². The Labute approximate surface area is 100 Å². The molecule has 0 aromatic heterocycles. The number of halogens is 5. The van der Waals surface area contributed by atoms with Crippen molar-refractivity contribution in [1.82, 2.24) is 0 Å². The molecule has 0 atom stereocenters. The first-order valence-corrected chi connectivity index (χ1v) is 6.38. The molecule has 0 N–H and O–H groups in total. The van der Waals surface area contributed by atoms with Crippen LogP contribution in [0.1, 0.15) is 12.8 Å². The quantitative estimate of drug-likeness (QED) is 0.452. The van der Waals surface area contributed by atoms with Gasteiger partial charge in [-0.1, -0.05) is 0 Å². The predicted molar refractivity (Wildman–Crippen MR) is 49.4 cm³/mol. The first-order valence-electron chi connectivity index (χ1n) is 4.97. The molecular formula is C8H11F5O4S. The first-order chi connectivity index (χ1) is 8.06. The largest absolute Gasteiger partial charge is 0.523 e. The lowest BCUT2D eigenvalue weighted by molar-refractivity contribution is -0.123. The lowest BCUT2D eigenvalue weighted by atomic mass is 9.93. The summed E-state index contributed by atoms with van der Waals surface area (Å²) in [6, 6.07) is 0. The normalized spacial score (nSPS) is 20.1. The van der Waals surface area contributed by atoms with E-state index in [1.807, 2.05) is 0 Å². The average molecular weight is 298 g/mol. The molecule has 0 spiro atoms. The molecule has 1 rings (SSSR count). The lowest BCUT2D eigenvalue weighted by Gasteiger charge is -2.29. The van der Waals surface area contributed by atoms with Gasteiger partial charge < -0.3 is 4.74 Å². The lowest BCUT2D eigenvalue weighted by Crippen LogP contribution is -2.39. The Balaban J connectivity index is 2.61. The van der Waals surface area contributed by atoms with Crippen LogP contribution < -0.4 is 0 Å². The summed E-state index contributed by atoms with van der Waals surface area (Å²) in [6.07, 6.45) is -0.106. The van der Waals surface area contributed by atoms with Crippen molar-refractivity contribution in [2.24, 2.45) is 5.92 Å². The van der Waals surface area contributed by atoms with Crippen molar-refractivity contribution >= 4 is 10.1 Å². The molecule has 0 aliphatic carbocycles. The molecule has 0 aromatic rings. The summed E-state index contributed by atoms with van der Waals surface area (Å²) in [6.45, 7) is -1.68. The molecule has 0 aromatic carbocycles.